The van der Waals surface area contributed by atoms with E-state index in [4.69, 9.17) is 5.73 Å². The maximum atomic E-state index is 13.7. The Labute approximate surface area is 123 Å². The highest BCUT2D eigenvalue weighted by molar-refractivity contribution is 5.59. The Bertz CT molecular complexity index is 602. The molecule has 1 aliphatic rings. The molecule has 1 aromatic carbocycles. The number of aromatic nitrogens is 4. The zero-order chi connectivity index (χ0) is 14.7. The lowest BCUT2D eigenvalue weighted by Crippen LogP contribution is -2.14. The number of rotatable bonds is 2. The molecule has 1 aliphatic carbocycles. The molecule has 0 bridgehead atoms. The van der Waals surface area contributed by atoms with Crippen LogP contribution in [-0.4, -0.2) is 20.2 Å². The fourth-order valence-electron chi connectivity index (χ4n) is 2.97. The van der Waals surface area contributed by atoms with Gasteiger partial charge in [0, 0.05) is 5.56 Å². The van der Waals surface area contributed by atoms with Gasteiger partial charge in [0.05, 0.1) is 11.7 Å². The maximum absolute atomic E-state index is 13.7. The van der Waals surface area contributed by atoms with E-state index in [1.54, 1.807) is 12.1 Å². The fraction of sp³-hybridized carbons (Fsp3) is 0.533. The second kappa shape index (κ2) is 6.20. The summed E-state index contributed by atoms with van der Waals surface area (Å²) in [6.07, 6.45) is 8.40. The number of nitrogen functional groups attached to an aromatic ring is 1. The van der Waals surface area contributed by atoms with Gasteiger partial charge < -0.3 is 5.73 Å². The van der Waals surface area contributed by atoms with E-state index < -0.39 is 5.82 Å². The second-order valence-electron chi connectivity index (χ2n) is 5.68. The molecule has 0 saturated heterocycles. The number of benzene rings is 1. The van der Waals surface area contributed by atoms with Crippen molar-refractivity contribution in [1.29, 1.82) is 0 Å². The largest absolute Gasteiger partial charge is 0.396 e. The highest BCUT2D eigenvalue weighted by Crippen LogP contribution is 2.29. The van der Waals surface area contributed by atoms with Gasteiger partial charge in [-0.25, -0.2) is 9.07 Å². The second-order valence-corrected chi connectivity index (χ2v) is 5.68. The third kappa shape index (κ3) is 3.04. The Kier molecular flexibility index (Phi) is 4.13. The SMILES string of the molecule is Nc1ccc(-c2nnnn2C2CCCCCCC2)cc1F. The monoisotopic (exact) mass is 289 g/mol. The van der Waals surface area contributed by atoms with Gasteiger partial charge in [-0.1, -0.05) is 32.1 Å². The van der Waals surface area contributed by atoms with Crippen molar-refractivity contribution in [2.75, 3.05) is 5.73 Å². The van der Waals surface area contributed by atoms with Gasteiger partial charge in [-0.05, 0) is 41.5 Å². The molecule has 1 fully saturated rings. The van der Waals surface area contributed by atoms with Gasteiger partial charge in [-0.3, -0.25) is 0 Å². The average Bonchev–Trinajstić information content (AvgIpc) is 2.91. The summed E-state index contributed by atoms with van der Waals surface area (Å²) in [7, 11) is 0. The molecule has 0 radical (unpaired) electrons. The van der Waals surface area contributed by atoms with Crippen molar-refractivity contribution >= 4 is 5.69 Å². The molecular weight excluding hydrogens is 269 g/mol. The molecule has 1 heterocycles. The molecule has 0 amide bonds. The van der Waals surface area contributed by atoms with Crippen LogP contribution in [0.15, 0.2) is 18.2 Å². The van der Waals surface area contributed by atoms with Gasteiger partial charge >= 0.3 is 0 Å². The van der Waals surface area contributed by atoms with E-state index in [1.165, 1.54) is 38.2 Å². The van der Waals surface area contributed by atoms with Gasteiger partial charge in [0.1, 0.15) is 5.82 Å². The van der Waals surface area contributed by atoms with E-state index in [-0.39, 0.29) is 5.69 Å². The average molecular weight is 289 g/mol. The molecular formula is C15H20FN5. The van der Waals surface area contributed by atoms with Crippen LogP contribution in [0.2, 0.25) is 0 Å². The molecule has 0 unspecified atom stereocenters. The summed E-state index contributed by atoms with van der Waals surface area (Å²) in [6, 6.07) is 5.03. The van der Waals surface area contributed by atoms with Gasteiger partial charge in [-0.2, -0.15) is 0 Å². The molecule has 1 aromatic heterocycles. The Hall–Kier alpha value is -1.98. The van der Waals surface area contributed by atoms with Crippen LogP contribution in [0.5, 0.6) is 0 Å². The minimum absolute atomic E-state index is 0.142. The summed E-state index contributed by atoms with van der Waals surface area (Å²) in [5.41, 5.74) is 6.34. The van der Waals surface area contributed by atoms with E-state index in [9.17, 15) is 4.39 Å². The molecule has 112 valence electrons. The lowest BCUT2D eigenvalue weighted by Gasteiger charge is -2.20. The van der Waals surface area contributed by atoms with Crippen molar-refractivity contribution in [3.8, 4) is 11.4 Å². The van der Waals surface area contributed by atoms with E-state index in [2.05, 4.69) is 15.5 Å². The summed E-state index contributed by atoms with van der Waals surface area (Å²) in [6.45, 7) is 0. The van der Waals surface area contributed by atoms with Crippen LogP contribution >= 0.6 is 0 Å². The quantitative estimate of drug-likeness (QED) is 0.861. The molecule has 21 heavy (non-hydrogen) atoms. The maximum Gasteiger partial charge on any atom is 0.182 e. The molecule has 3 rings (SSSR count). The minimum atomic E-state index is -0.431. The van der Waals surface area contributed by atoms with Crippen LogP contribution in [0.4, 0.5) is 10.1 Å². The lowest BCUT2D eigenvalue weighted by molar-refractivity contribution is 0.345. The highest BCUT2D eigenvalue weighted by atomic mass is 19.1. The van der Waals surface area contributed by atoms with Crippen LogP contribution < -0.4 is 5.73 Å². The summed E-state index contributed by atoms with van der Waals surface area (Å²) >= 11 is 0. The van der Waals surface area contributed by atoms with Crippen LogP contribution in [0.3, 0.4) is 0 Å². The number of anilines is 1. The fourth-order valence-corrected chi connectivity index (χ4v) is 2.97. The standard InChI is InChI=1S/C15H20FN5/c16-13-10-11(8-9-14(13)17)15-18-19-20-21(15)12-6-4-2-1-3-5-7-12/h8-10,12H,1-7,17H2. The molecule has 5 nitrogen and oxygen atoms in total. The zero-order valence-electron chi connectivity index (χ0n) is 12.0. The molecule has 6 heteroatoms. The van der Waals surface area contributed by atoms with Crippen molar-refractivity contribution in [2.45, 2.75) is 51.0 Å². The first kappa shape index (κ1) is 14.0. The minimum Gasteiger partial charge on any atom is -0.396 e. The number of halogens is 1. The number of hydrogen-bond donors (Lipinski definition) is 1. The van der Waals surface area contributed by atoms with Gasteiger partial charge in [0.2, 0.25) is 0 Å². The predicted octanol–water partition coefficient (Wildman–Crippen LogP) is 3.35. The summed E-state index contributed by atoms with van der Waals surface area (Å²) in [5, 5.41) is 12.0. The zero-order valence-corrected chi connectivity index (χ0v) is 12.0. The molecule has 0 atom stereocenters. The normalized spacial score (nSPS) is 17.4. The summed E-state index contributed by atoms with van der Waals surface area (Å²) in [5.74, 6) is 0.194. The summed E-state index contributed by atoms with van der Waals surface area (Å²) < 4.78 is 15.5. The van der Waals surface area contributed by atoms with Crippen molar-refractivity contribution in [1.82, 2.24) is 20.2 Å². The molecule has 0 aliphatic heterocycles. The van der Waals surface area contributed by atoms with E-state index in [0.29, 0.717) is 17.4 Å². The number of tetrazole rings is 1. The first-order valence-corrected chi connectivity index (χ1v) is 7.59. The van der Waals surface area contributed by atoms with Crippen LogP contribution in [-0.2, 0) is 0 Å². The Morgan fingerprint density at radius 1 is 1.10 bits per heavy atom. The number of nitrogens with two attached hydrogens (primary N) is 1. The number of hydrogen-bond acceptors (Lipinski definition) is 4. The number of nitrogens with zero attached hydrogens (tertiary/aromatic N) is 4. The van der Waals surface area contributed by atoms with Gasteiger partial charge in [0.15, 0.2) is 5.82 Å². The highest BCUT2D eigenvalue weighted by Gasteiger charge is 2.19. The topological polar surface area (TPSA) is 69.6 Å². The Balaban J connectivity index is 1.90. The molecule has 2 N–H and O–H groups in total. The van der Waals surface area contributed by atoms with Gasteiger partial charge in [-0.15, -0.1) is 5.10 Å². The van der Waals surface area contributed by atoms with E-state index in [0.717, 1.165) is 12.8 Å². The van der Waals surface area contributed by atoms with Crippen LogP contribution in [0, 0.1) is 5.82 Å². The van der Waals surface area contributed by atoms with Crippen LogP contribution in [0.25, 0.3) is 11.4 Å². The van der Waals surface area contributed by atoms with Crippen molar-refractivity contribution in [3.05, 3.63) is 24.0 Å². The smallest absolute Gasteiger partial charge is 0.182 e. The third-order valence-electron chi connectivity index (χ3n) is 4.17. The van der Waals surface area contributed by atoms with Crippen molar-refractivity contribution < 1.29 is 4.39 Å². The molecule has 2 aromatic rings. The Morgan fingerprint density at radius 2 is 1.81 bits per heavy atom. The van der Waals surface area contributed by atoms with Crippen molar-refractivity contribution in [3.63, 3.8) is 0 Å². The predicted molar refractivity (Wildman–Crippen MR) is 79.0 cm³/mol. The first-order chi connectivity index (χ1) is 10.3. The van der Waals surface area contributed by atoms with Crippen molar-refractivity contribution in [2.24, 2.45) is 0 Å². The Morgan fingerprint density at radius 3 is 2.52 bits per heavy atom. The van der Waals surface area contributed by atoms with E-state index >= 15 is 0 Å². The van der Waals surface area contributed by atoms with E-state index in [1.807, 2.05) is 4.68 Å². The summed E-state index contributed by atoms with van der Waals surface area (Å²) in [4.78, 5) is 0. The molecule has 1 saturated carbocycles. The van der Waals surface area contributed by atoms with Gasteiger partial charge in [0.25, 0.3) is 0 Å². The van der Waals surface area contributed by atoms with Crippen LogP contribution in [0.1, 0.15) is 51.0 Å². The lowest BCUT2D eigenvalue weighted by atomic mass is 9.96. The first-order valence-electron chi connectivity index (χ1n) is 7.59. The third-order valence-corrected chi connectivity index (χ3v) is 4.17. The molecule has 0 spiro atoms.